The highest BCUT2D eigenvalue weighted by atomic mass is 14.2. The second-order valence-corrected chi connectivity index (χ2v) is 4.97. The third-order valence-corrected chi connectivity index (χ3v) is 3.62. The lowest BCUT2D eigenvalue weighted by molar-refractivity contribution is 0.686. The zero-order chi connectivity index (χ0) is 10.9. The van der Waals surface area contributed by atoms with Crippen molar-refractivity contribution in [3.05, 3.63) is 11.1 Å². The Morgan fingerprint density at radius 2 is 1.20 bits per heavy atom. The lowest BCUT2D eigenvalue weighted by Crippen LogP contribution is -1.92. The highest BCUT2D eigenvalue weighted by Gasteiger charge is 2.10. The normalized spacial score (nSPS) is 18.0. The monoisotopic (exact) mass is 208 g/mol. The van der Waals surface area contributed by atoms with Crippen LogP contribution in [0, 0.1) is 0 Å². The Morgan fingerprint density at radius 1 is 0.733 bits per heavy atom. The van der Waals surface area contributed by atoms with E-state index in [2.05, 4.69) is 13.8 Å². The first kappa shape index (κ1) is 12.8. The van der Waals surface area contributed by atoms with Crippen molar-refractivity contribution < 1.29 is 0 Å². The van der Waals surface area contributed by atoms with Crippen LogP contribution in [0.5, 0.6) is 0 Å². The van der Waals surface area contributed by atoms with E-state index in [1.165, 1.54) is 70.6 Å². The van der Waals surface area contributed by atoms with Crippen LogP contribution in [-0.4, -0.2) is 0 Å². The highest BCUT2D eigenvalue weighted by molar-refractivity contribution is 5.15. The molecule has 0 saturated heterocycles. The molecule has 1 aliphatic carbocycles. The van der Waals surface area contributed by atoms with Crippen LogP contribution in [0.3, 0.4) is 0 Å². The van der Waals surface area contributed by atoms with Crippen molar-refractivity contribution in [1.82, 2.24) is 0 Å². The van der Waals surface area contributed by atoms with Gasteiger partial charge in [0.1, 0.15) is 0 Å². The lowest BCUT2D eigenvalue weighted by atomic mass is 9.94. The first-order valence-electron chi connectivity index (χ1n) is 7.08. The number of hydrogen-bond donors (Lipinski definition) is 0. The maximum atomic E-state index is 2.31. The molecule has 0 radical (unpaired) electrons. The van der Waals surface area contributed by atoms with Crippen molar-refractivity contribution in [2.75, 3.05) is 0 Å². The molecular formula is C15H28. The largest absolute Gasteiger partial charge is 0.0710 e. The second kappa shape index (κ2) is 7.96. The number of allylic oxidation sites excluding steroid dienone is 2. The maximum Gasteiger partial charge on any atom is -0.0318 e. The van der Waals surface area contributed by atoms with E-state index in [4.69, 9.17) is 0 Å². The number of hydrogen-bond acceptors (Lipinski definition) is 0. The van der Waals surface area contributed by atoms with E-state index in [1.54, 1.807) is 0 Å². The van der Waals surface area contributed by atoms with Gasteiger partial charge in [0.15, 0.2) is 0 Å². The third kappa shape index (κ3) is 4.86. The van der Waals surface area contributed by atoms with E-state index in [1.807, 2.05) is 11.1 Å². The van der Waals surface area contributed by atoms with Crippen LogP contribution < -0.4 is 0 Å². The minimum Gasteiger partial charge on any atom is -0.0710 e. The molecule has 0 nitrogen and oxygen atoms in total. The van der Waals surface area contributed by atoms with Crippen molar-refractivity contribution >= 4 is 0 Å². The Kier molecular flexibility index (Phi) is 6.80. The van der Waals surface area contributed by atoms with Crippen LogP contribution in [0.1, 0.15) is 84.5 Å². The summed E-state index contributed by atoms with van der Waals surface area (Å²) in [4.78, 5) is 0. The summed E-state index contributed by atoms with van der Waals surface area (Å²) in [6.45, 7) is 4.62. The molecule has 0 aromatic heterocycles. The van der Waals surface area contributed by atoms with Gasteiger partial charge in [-0.3, -0.25) is 0 Å². The fourth-order valence-corrected chi connectivity index (χ4v) is 2.59. The molecular weight excluding hydrogens is 180 g/mol. The van der Waals surface area contributed by atoms with Crippen LogP contribution in [-0.2, 0) is 0 Å². The highest BCUT2D eigenvalue weighted by Crippen LogP contribution is 2.30. The van der Waals surface area contributed by atoms with Crippen LogP contribution in [0.15, 0.2) is 11.1 Å². The predicted molar refractivity (Wildman–Crippen MR) is 69.2 cm³/mol. The fourth-order valence-electron chi connectivity index (χ4n) is 2.59. The summed E-state index contributed by atoms with van der Waals surface area (Å²) in [7, 11) is 0. The van der Waals surface area contributed by atoms with Gasteiger partial charge in [-0.25, -0.2) is 0 Å². The second-order valence-electron chi connectivity index (χ2n) is 4.97. The average Bonchev–Trinajstić information content (AvgIpc) is 2.48. The molecule has 0 heterocycles. The van der Waals surface area contributed by atoms with Gasteiger partial charge in [0.25, 0.3) is 0 Å². The van der Waals surface area contributed by atoms with E-state index in [9.17, 15) is 0 Å². The molecule has 0 fully saturated rings. The Balaban J connectivity index is 2.53. The minimum atomic E-state index is 1.35. The average molecular weight is 208 g/mol. The number of rotatable bonds is 6. The molecule has 0 heteroatoms. The number of unbranched alkanes of at least 4 members (excludes halogenated alkanes) is 2. The van der Waals surface area contributed by atoms with Crippen molar-refractivity contribution in [2.24, 2.45) is 0 Å². The summed E-state index contributed by atoms with van der Waals surface area (Å²) in [6.07, 6.45) is 15.5. The topological polar surface area (TPSA) is 0 Å². The molecule has 0 amide bonds. The third-order valence-electron chi connectivity index (χ3n) is 3.62. The van der Waals surface area contributed by atoms with Gasteiger partial charge in [-0.05, 0) is 51.4 Å². The Hall–Kier alpha value is -0.260. The smallest absolute Gasteiger partial charge is 0.0318 e. The molecule has 0 saturated carbocycles. The van der Waals surface area contributed by atoms with E-state index in [-0.39, 0.29) is 0 Å². The molecule has 0 atom stereocenters. The predicted octanol–water partition coefficient (Wildman–Crippen LogP) is 5.63. The summed E-state index contributed by atoms with van der Waals surface area (Å²) in [5.41, 5.74) is 3.70. The van der Waals surface area contributed by atoms with Gasteiger partial charge in [-0.1, -0.05) is 44.3 Å². The summed E-state index contributed by atoms with van der Waals surface area (Å²) >= 11 is 0. The van der Waals surface area contributed by atoms with Gasteiger partial charge in [0, 0.05) is 0 Å². The van der Waals surface area contributed by atoms with Gasteiger partial charge < -0.3 is 0 Å². The summed E-state index contributed by atoms with van der Waals surface area (Å²) in [6, 6.07) is 0. The Labute approximate surface area is 96.2 Å². The van der Waals surface area contributed by atoms with Crippen LogP contribution >= 0.6 is 0 Å². The molecule has 0 aromatic rings. The molecule has 1 rings (SSSR count). The Bertz CT molecular complexity index is 168. The minimum absolute atomic E-state index is 1.35. The molecule has 0 aromatic carbocycles. The standard InChI is InChI=1S/C15H28/c1-3-5-10-14-12-8-7-9-13-15(14)11-6-4-2/h3-13H2,1-2H3. The molecule has 15 heavy (non-hydrogen) atoms. The lowest BCUT2D eigenvalue weighted by Gasteiger charge is -2.12. The fraction of sp³-hybridized carbons (Fsp3) is 0.867. The SMILES string of the molecule is CCCCC1=C(CCCC)CCCCC1. The van der Waals surface area contributed by atoms with Crippen LogP contribution in [0.4, 0.5) is 0 Å². The van der Waals surface area contributed by atoms with E-state index >= 15 is 0 Å². The molecule has 88 valence electrons. The molecule has 0 unspecified atom stereocenters. The molecule has 0 bridgehead atoms. The van der Waals surface area contributed by atoms with E-state index in [0.717, 1.165) is 0 Å². The quantitative estimate of drug-likeness (QED) is 0.496. The van der Waals surface area contributed by atoms with Gasteiger partial charge in [-0.2, -0.15) is 0 Å². The zero-order valence-corrected chi connectivity index (χ0v) is 10.8. The van der Waals surface area contributed by atoms with Gasteiger partial charge in [0.2, 0.25) is 0 Å². The van der Waals surface area contributed by atoms with Gasteiger partial charge in [-0.15, -0.1) is 0 Å². The van der Waals surface area contributed by atoms with Crippen molar-refractivity contribution in [2.45, 2.75) is 84.5 Å². The maximum absolute atomic E-state index is 2.31. The van der Waals surface area contributed by atoms with E-state index in [0.29, 0.717) is 0 Å². The van der Waals surface area contributed by atoms with Crippen LogP contribution in [0.2, 0.25) is 0 Å². The van der Waals surface area contributed by atoms with Crippen molar-refractivity contribution in [3.8, 4) is 0 Å². The van der Waals surface area contributed by atoms with Crippen molar-refractivity contribution in [1.29, 1.82) is 0 Å². The van der Waals surface area contributed by atoms with E-state index < -0.39 is 0 Å². The first-order chi connectivity index (χ1) is 7.38. The summed E-state index contributed by atoms with van der Waals surface area (Å²) < 4.78 is 0. The molecule has 1 aliphatic rings. The Morgan fingerprint density at radius 3 is 1.60 bits per heavy atom. The molecule has 0 spiro atoms. The van der Waals surface area contributed by atoms with Crippen molar-refractivity contribution in [3.63, 3.8) is 0 Å². The molecule has 0 N–H and O–H groups in total. The first-order valence-corrected chi connectivity index (χ1v) is 7.08. The van der Waals surface area contributed by atoms with Gasteiger partial charge in [0.05, 0.1) is 0 Å². The molecule has 0 aliphatic heterocycles. The summed E-state index contributed by atoms with van der Waals surface area (Å²) in [5.74, 6) is 0. The van der Waals surface area contributed by atoms with Crippen LogP contribution in [0.25, 0.3) is 0 Å². The zero-order valence-electron chi connectivity index (χ0n) is 10.8. The van der Waals surface area contributed by atoms with Gasteiger partial charge >= 0.3 is 0 Å². The summed E-state index contributed by atoms with van der Waals surface area (Å²) in [5, 5.41) is 0.